The average Bonchev–Trinajstić information content (AvgIpc) is 3.05. The molecule has 2 aliphatic rings. The minimum atomic E-state index is 0. The molecule has 5 heteroatoms. The van der Waals surface area contributed by atoms with Crippen molar-refractivity contribution >= 4 is 35.5 Å². The van der Waals surface area contributed by atoms with Crippen LogP contribution >= 0.6 is 24.0 Å². The van der Waals surface area contributed by atoms with Gasteiger partial charge in [-0.05, 0) is 42.2 Å². The topological polar surface area (TPSA) is 27.6 Å². The van der Waals surface area contributed by atoms with E-state index in [2.05, 4.69) is 51.6 Å². The van der Waals surface area contributed by atoms with E-state index in [-0.39, 0.29) is 12.4 Å². The van der Waals surface area contributed by atoms with E-state index >= 15 is 0 Å². The summed E-state index contributed by atoms with van der Waals surface area (Å²) in [5, 5.41) is 4.21. The number of anilines is 1. The summed E-state index contributed by atoms with van der Waals surface area (Å²) in [5.74, 6) is 1.62. The first kappa shape index (κ1) is 18.1. The number of fused-ring (bicyclic) bond motifs is 1. The van der Waals surface area contributed by atoms with Gasteiger partial charge in [0, 0.05) is 29.7 Å². The second-order valence-electron chi connectivity index (χ2n) is 6.55. The average molecular weight is 376 g/mol. The first-order valence-electron chi connectivity index (χ1n) is 8.65. The van der Waals surface area contributed by atoms with Gasteiger partial charge in [0.1, 0.15) is 5.84 Å². The second kappa shape index (κ2) is 8.11. The number of amidine groups is 1. The van der Waals surface area contributed by atoms with Crippen molar-refractivity contribution in [2.24, 2.45) is 4.99 Å². The van der Waals surface area contributed by atoms with Crippen molar-refractivity contribution in [3.8, 4) is 0 Å². The van der Waals surface area contributed by atoms with Gasteiger partial charge in [-0.3, -0.25) is 4.99 Å². The summed E-state index contributed by atoms with van der Waals surface area (Å²) >= 11 is 6.06. The smallest absolute Gasteiger partial charge is 0.116 e. The van der Waals surface area contributed by atoms with Crippen molar-refractivity contribution in [1.29, 1.82) is 0 Å². The van der Waals surface area contributed by atoms with Crippen molar-refractivity contribution < 1.29 is 0 Å². The normalized spacial score (nSPS) is 19.3. The molecule has 4 rings (SSSR count). The van der Waals surface area contributed by atoms with E-state index in [1.165, 1.54) is 16.8 Å². The van der Waals surface area contributed by atoms with Crippen molar-refractivity contribution in [1.82, 2.24) is 5.32 Å². The molecule has 0 spiro atoms. The van der Waals surface area contributed by atoms with Crippen LogP contribution in [-0.2, 0) is 6.42 Å². The van der Waals surface area contributed by atoms with Crippen LogP contribution in [0.2, 0.25) is 5.02 Å². The molecule has 2 heterocycles. The number of nitrogens with one attached hydrogen (secondary N) is 1. The Balaban J connectivity index is 0.00000182. The van der Waals surface area contributed by atoms with Crippen LogP contribution in [0.15, 0.2) is 53.5 Å². The number of rotatable bonds is 3. The van der Waals surface area contributed by atoms with E-state index in [1.807, 2.05) is 12.1 Å². The lowest BCUT2D eigenvalue weighted by atomic mass is 9.93. The molecule has 0 radical (unpaired) electrons. The molecule has 0 fully saturated rings. The summed E-state index contributed by atoms with van der Waals surface area (Å²) in [6.07, 6.45) is 2.27. The number of hydrogen-bond donors (Lipinski definition) is 1. The fourth-order valence-electron chi connectivity index (χ4n) is 3.71. The highest BCUT2D eigenvalue weighted by Crippen LogP contribution is 2.33. The summed E-state index contributed by atoms with van der Waals surface area (Å²) in [7, 11) is 0. The minimum absolute atomic E-state index is 0. The van der Waals surface area contributed by atoms with Crippen LogP contribution in [-0.4, -0.2) is 32.0 Å². The van der Waals surface area contributed by atoms with Gasteiger partial charge in [-0.1, -0.05) is 41.9 Å². The van der Waals surface area contributed by atoms with Gasteiger partial charge in [0.05, 0.1) is 13.1 Å². The molecule has 1 unspecified atom stereocenters. The van der Waals surface area contributed by atoms with E-state index in [0.29, 0.717) is 5.92 Å². The second-order valence-corrected chi connectivity index (χ2v) is 6.99. The van der Waals surface area contributed by atoms with E-state index in [1.54, 1.807) is 0 Å². The summed E-state index contributed by atoms with van der Waals surface area (Å²) in [6.45, 7) is 3.73. The van der Waals surface area contributed by atoms with Gasteiger partial charge in [-0.15, -0.1) is 12.4 Å². The predicted molar refractivity (Wildman–Crippen MR) is 109 cm³/mol. The molecular formula is C20H23Cl2N3. The van der Waals surface area contributed by atoms with Gasteiger partial charge in [-0.2, -0.15) is 0 Å². The van der Waals surface area contributed by atoms with E-state index in [4.69, 9.17) is 11.6 Å². The minimum Gasteiger partial charge on any atom is -0.370 e. The van der Waals surface area contributed by atoms with Gasteiger partial charge >= 0.3 is 0 Å². The highest BCUT2D eigenvalue weighted by atomic mass is 35.5. The molecule has 0 aromatic heterocycles. The summed E-state index contributed by atoms with van der Waals surface area (Å²) in [4.78, 5) is 7.07. The fraction of sp³-hybridized carbons (Fsp3) is 0.350. The molecule has 2 aliphatic heterocycles. The Morgan fingerprint density at radius 3 is 2.68 bits per heavy atom. The maximum Gasteiger partial charge on any atom is 0.116 e. The lowest BCUT2D eigenvalue weighted by Crippen LogP contribution is -2.37. The largest absolute Gasteiger partial charge is 0.370 e. The Labute approximate surface area is 160 Å². The SMILES string of the molecule is Cl.Clc1ccc(C2CCc3ccccc3N(CC3=NCCN3)C2)cc1. The van der Waals surface area contributed by atoms with Crippen LogP contribution in [0.5, 0.6) is 0 Å². The van der Waals surface area contributed by atoms with Gasteiger partial charge < -0.3 is 10.2 Å². The van der Waals surface area contributed by atoms with Crippen LogP contribution in [0, 0.1) is 0 Å². The zero-order valence-electron chi connectivity index (χ0n) is 14.1. The number of aryl methyl sites for hydroxylation is 1. The standard InChI is InChI=1S/C20H22ClN3.ClH/c21-18-9-7-15(8-10-18)17-6-5-16-3-1-2-4-19(16)24(13-17)14-20-22-11-12-23-20;/h1-4,7-10,17H,5-6,11-14H2,(H,22,23);1H. The van der Waals surface area contributed by atoms with Crippen LogP contribution < -0.4 is 10.2 Å². The molecule has 2 aromatic rings. The first-order chi connectivity index (χ1) is 11.8. The Kier molecular flexibility index (Phi) is 5.87. The number of nitrogens with zero attached hydrogens (tertiary/aromatic N) is 2. The third-order valence-electron chi connectivity index (χ3n) is 4.96. The monoisotopic (exact) mass is 375 g/mol. The highest BCUT2D eigenvalue weighted by molar-refractivity contribution is 6.30. The third kappa shape index (κ3) is 4.10. The first-order valence-corrected chi connectivity index (χ1v) is 9.03. The van der Waals surface area contributed by atoms with Gasteiger partial charge in [-0.25, -0.2) is 0 Å². The molecule has 132 valence electrons. The number of benzene rings is 2. The molecule has 2 aromatic carbocycles. The molecule has 3 nitrogen and oxygen atoms in total. The van der Waals surface area contributed by atoms with E-state index < -0.39 is 0 Å². The lowest BCUT2D eigenvalue weighted by molar-refractivity contribution is 0.630. The van der Waals surface area contributed by atoms with E-state index in [9.17, 15) is 0 Å². The number of aliphatic imine (C=N–C) groups is 1. The number of hydrogen-bond acceptors (Lipinski definition) is 3. The van der Waals surface area contributed by atoms with Crippen LogP contribution in [0.4, 0.5) is 5.69 Å². The maximum absolute atomic E-state index is 6.06. The molecule has 0 bridgehead atoms. The van der Waals surface area contributed by atoms with Crippen LogP contribution in [0.1, 0.15) is 23.5 Å². The zero-order valence-corrected chi connectivity index (χ0v) is 15.7. The zero-order chi connectivity index (χ0) is 16.4. The number of halogens is 2. The Hall–Kier alpha value is -1.71. The van der Waals surface area contributed by atoms with Crippen LogP contribution in [0.25, 0.3) is 0 Å². The van der Waals surface area contributed by atoms with Crippen molar-refractivity contribution in [3.63, 3.8) is 0 Å². The Morgan fingerprint density at radius 1 is 1.12 bits per heavy atom. The van der Waals surface area contributed by atoms with Gasteiger partial charge in [0.15, 0.2) is 0 Å². The van der Waals surface area contributed by atoms with Crippen molar-refractivity contribution in [2.75, 3.05) is 31.1 Å². The van der Waals surface area contributed by atoms with Gasteiger partial charge in [0.2, 0.25) is 0 Å². The van der Waals surface area contributed by atoms with Crippen LogP contribution in [0.3, 0.4) is 0 Å². The lowest BCUT2D eigenvalue weighted by Gasteiger charge is -2.28. The summed E-state index contributed by atoms with van der Waals surface area (Å²) in [6, 6.07) is 17.1. The molecule has 0 amide bonds. The Morgan fingerprint density at radius 2 is 1.92 bits per heavy atom. The summed E-state index contributed by atoms with van der Waals surface area (Å²) < 4.78 is 0. The van der Waals surface area contributed by atoms with Crippen molar-refractivity contribution in [2.45, 2.75) is 18.8 Å². The van der Waals surface area contributed by atoms with Crippen molar-refractivity contribution in [3.05, 3.63) is 64.7 Å². The quantitative estimate of drug-likeness (QED) is 0.865. The molecular weight excluding hydrogens is 353 g/mol. The Bertz CT molecular complexity index is 743. The highest BCUT2D eigenvalue weighted by Gasteiger charge is 2.24. The molecule has 1 atom stereocenters. The van der Waals surface area contributed by atoms with Gasteiger partial charge in [0.25, 0.3) is 0 Å². The number of para-hydroxylation sites is 1. The molecule has 1 N–H and O–H groups in total. The fourth-order valence-corrected chi connectivity index (χ4v) is 3.83. The molecule has 0 saturated carbocycles. The summed E-state index contributed by atoms with van der Waals surface area (Å²) in [5.41, 5.74) is 4.16. The molecule has 25 heavy (non-hydrogen) atoms. The van der Waals surface area contributed by atoms with E-state index in [0.717, 1.165) is 49.9 Å². The molecule has 0 saturated heterocycles. The molecule has 0 aliphatic carbocycles. The predicted octanol–water partition coefficient (Wildman–Crippen LogP) is 4.30. The maximum atomic E-state index is 6.06. The third-order valence-corrected chi connectivity index (χ3v) is 5.21.